The zero-order valence-electron chi connectivity index (χ0n) is 19.4. The molecule has 0 saturated carbocycles. The number of nitrogens with zero attached hydrogens (tertiary/aromatic N) is 2. The first-order valence-corrected chi connectivity index (χ1v) is 11.7. The highest BCUT2D eigenvalue weighted by Crippen LogP contribution is 2.19. The van der Waals surface area contributed by atoms with Crippen molar-refractivity contribution in [1.82, 2.24) is 9.55 Å². The first kappa shape index (κ1) is 25.6. The number of aromatic nitrogens is 2. The van der Waals surface area contributed by atoms with Crippen molar-refractivity contribution in [3.8, 4) is 0 Å². The summed E-state index contributed by atoms with van der Waals surface area (Å²) in [6, 6.07) is 12.5. The molecule has 1 amide bonds. The SMILES string of the molecule is CCN(C(=O)COC(=O)CCC(=O)c1ccc(C)s1)c1c(N)n(Cc2ccccc2)c(=O)[nH]c1=O. The van der Waals surface area contributed by atoms with Gasteiger partial charge < -0.3 is 15.4 Å². The molecular formula is C24H26N4O6S. The smallest absolute Gasteiger partial charge is 0.330 e. The van der Waals surface area contributed by atoms with Crippen LogP contribution in [-0.4, -0.2) is 40.4 Å². The molecule has 0 spiro atoms. The molecule has 0 unspecified atom stereocenters. The number of hydrogen-bond donors (Lipinski definition) is 2. The second kappa shape index (κ2) is 11.4. The van der Waals surface area contributed by atoms with Crippen LogP contribution in [0.1, 0.15) is 39.9 Å². The minimum absolute atomic E-state index is 0.0401. The van der Waals surface area contributed by atoms with Crippen LogP contribution in [0.15, 0.2) is 52.1 Å². The number of rotatable bonds is 10. The highest BCUT2D eigenvalue weighted by atomic mass is 32.1. The molecule has 3 aromatic rings. The van der Waals surface area contributed by atoms with Gasteiger partial charge in [0.15, 0.2) is 18.1 Å². The van der Waals surface area contributed by atoms with E-state index < -0.39 is 29.7 Å². The minimum atomic E-state index is -0.824. The van der Waals surface area contributed by atoms with E-state index in [2.05, 4.69) is 4.98 Å². The minimum Gasteiger partial charge on any atom is -0.456 e. The number of nitrogens with one attached hydrogen (secondary N) is 1. The predicted octanol–water partition coefficient (Wildman–Crippen LogP) is 2.10. The highest BCUT2D eigenvalue weighted by Gasteiger charge is 2.24. The van der Waals surface area contributed by atoms with Crippen LogP contribution in [0, 0.1) is 6.92 Å². The monoisotopic (exact) mass is 498 g/mol. The fourth-order valence-electron chi connectivity index (χ4n) is 3.44. The van der Waals surface area contributed by atoms with Crippen molar-refractivity contribution in [3.63, 3.8) is 0 Å². The van der Waals surface area contributed by atoms with Gasteiger partial charge in [-0.2, -0.15) is 0 Å². The molecule has 3 rings (SSSR count). The number of anilines is 2. The lowest BCUT2D eigenvalue weighted by atomic mass is 10.2. The van der Waals surface area contributed by atoms with Crippen molar-refractivity contribution in [2.45, 2.75) is 33.2 Å². The van der Waals surface area contributed by atoms with E-state index in [1.165, 1.54) is 11.3 Å². The van der Waals surface area contributed by atoms with Crippen LogP contribution in [0.3, 0.4) is 0 Å². The maximum Gasteiger partial charge on any atom is 0.330 e. The molecule has 3 N–H and O–H groups in total. The lowest BCUT2D eigenvalue weighted by Crippen LogP contribution is -2.42. The summed E-state index contributed by atoms with van der Waals surface area (Å²) in [7, 11) is 0. The molecule has 35 heavy (non-hydrogen) atoms. The van der Waals surface area contributed by atoms with E-state index in [0.717, 1.165) is 19.9 Å². The van der Waals surface area contributed by atoms with Crippen molar-refractivity contribution in [1.29, 1.82) is 0 Å². The van der Waals surface area contributed by atoms with Gasteiger partial charge in [-0.1, -0.05) is 30.3 Å². The fraction of sp³-hybridized carbons (Fsp3) is 0.292. The Bertz CT molecular complexity index is 1340. The third kappa shape index (κ3) is 6.33. The van der Waals surface area contributed by atoms with Gasteiger partial charge in [0.2, 0.25) is 0 Å². The Morgan fingerprint density at radius 2 is 1.80 bits per heavy atom. The number of amides is 1. The fourth-order valence-corrected chi connectivity index (χ4v) is 4.27. The van der Waals surface area contributed by atoms with Gasteiger partial charge in [0.25, 0.3) is 11.5 Å². The average molecular weight is 499 g/mol. The zero-order chi connectivity index (χ0) is 25.5. The highest BCUT2D eigenvalue weighted by molar-refractivity contribution is 7.14. The zero-order valence-corrected chi connectivity index (χ0v) is 20.2. The molecule has 10 nitrogen and oxygen atoms in total. The van der Waals surface area contributed by atoms with Crippen molar-refractivity contribution < 1.29 is 19.1 Å². The Labute approximate surface area is 205 Å². The molecule has 0 saturated heterocycles. The number of benzene rings is 1. The predicted molar refractivity (Wildman–Crippen MR) is 133 cm³/mol. The summed E-state index contributed by atoms with van der Waals surface area (Å²) in [5, 5.41) is 0. The topological polar surface area (TPSA) is 145 Å². The van der Waals surface area contributed by atoms with Crippen LogP contribution in [0.4, 0.5) is 11.5 Å². The first-order valence-electron chi connectivity index (χ1n) is 10.9. The summed E-state index contributed by atoms with van der Waals surface area (Å²) in [6.45, 7) is 2.99. The number of aryl methyl sites for hydroxylation is 1. The van der Waals surface area contributed by atoms with Gasteiger partial charge >= 0.3 is 11.7 Å². The first-order chi connectivity index (χ1) is 16.7. The normalized spacial score (nSPS) is 10.7. The lowest BCUT2D eigenvalue weighted by Gasteiger charge is -2.23. The summed E-state index contributed by atoms with van der Waals surface area (Å²) in [4.78, 5) is 66.7. The van der Waals surface area contributed by atoms with Crippen LogP contribution in [0.25, 0.3) is 0 Å². The average Bonchev–Trinajstić information content (AvgIpc) is 3.28. The summed E-state index contributed by atoms with van der Waals surface area (Å²) in [5.74, 6) is -1.77. The maximum atomic E-state index is 12.8. The molecule has 0 atom stereocenters. The number of carbonyl (C=O) groups is 3. The summed E-state index contributed by atoms with van der Waals surface area (Å²) < 4.78 is 6.19. The molecule has 184 valence electrons. The van der Waals surface area contributed by atoms with E-state index in [1.807, 2.05) is 19.1 Å². The largest absolute Gasteiger partial charge is 0.456 e. The van der Waals surface area contributed by atoms with Crippen molar-refractivity contribution >= 4 is 40.5 Å². The van der Waals surface area contributed by atoms with Crippen LogP contribution < -0.4 is 21.9 Å². The Balaban J connectivity index is 1.68. The number of likely N-dealkylation sites (N-methyl/N-ethyl adjacent to an activating group) is 1. The molecule has 2 aromatic heterocycles. The van der Waals surface area contributed by atoms with Gasteiger partial charge in [0.1, 0.15) is 5.82 Å². The van der Waals surface area contributed by atoms with Crippen molar-refractivity contribution in [2.75, 3.05) is 23.8 Å². The molecule has 2 heterocycles. The number of H-pyrrole nitrogens is 1. The van der Waals surface area contributed by atoms with Gasteiger partial charge in [-0.25, -0.2) is 4.79 Å². The summed E-state index contributed by atoms with van der Waals surface area (Å²) in [5.41, 5.74) is 5.19. The number of ether oxygens (including phenoxy) is 1. The number of aromatic amines is 1. The van der Waals surface area contributed by atoms with Gasteiger partial charge in [-0.3, -0.25) is 28.7 Å². The van der Waals surface area contributed by atoms with E-state index in [9.17, 15) is 24.0 Å². The van der Waals surface area contributed by atoms with Gasteiger partial charge in [-0.05, 0) is 31.5 Å². The second-order valence-corrected chi connectivity index (χ2v) is 8.98. The third-order valence-electron chi connectivity index (χ3n) is 5.21. The number of nitrogens with two attached hydrogens (primary N) is 1. The number of Topliss-reactive ketones (excluding diaryl/α,β-unsaturated/α-hetero) is 1. The van der Waals surface area contributed by atoms with Gasteiger partial charge in [0.05, 0.1) is 17.8 Å². The molecule has 11 heteroatoms. The number of carbonyl (C=O) groups excluding carboxylic acids is 3. The van der Waals surface area contributed by atoms with Gasteiger partial charge in [-0.15, -0.1) is 11.3 Å². The Morgan fingerprint density at radius 3 is 2.43 bits per heavy atom. The van der Waals surface area contributed by atoms with E-state index in [-0.39, 0.29) is 43.2 Å². The molecule has 0 aliphatic rings. The maximum absolute atomic E-state index is 12.8. The number of ketones is 1. The van der Waals surface area contributed by atoms with E-state index in [0.29, 0.717) is 4.88 Å². The van der Waals surface area contributed by atoms with E-state index >= 15 is 0 Å². The third-order valence-corrected chi connectivity index (χ3v) is 6.25. The molecule has 0 radical (unpaired) electrons. The van der Waals surface area contributed by atoms with Crippen LogP contribution in [-0.2, 0) is 20.9 Å². The van der Waals surface area contributed by atoms with Crippen molar-refractivity contribution in [3.05, 3.63) is 78.6 Å². The summed E-state index contributed by atoms with van der Waals surface area (Å²) in [6.07, 6.45) is -0.221. The van der Waals surface area contributed by atoms with Crippen LogP contribution >= 0.6 is 11.3 Å². The Kier molecular flexibility index (Phi) is 8.37. The Hall–Kier alpha value is -3.99. The number of thiophene rings is 1. The number of esters is 1. The molecule has 0 aliphatic heterocycles. The quantitative estimate of drug-likeness (QED) is 0.322. The summed E-state index contributed by atoms with van der Waals surface area (Å²) >= 11 is 1.34. The van der Waals surface area contributed by atoms with Crippen LogP contribution in [0.5, 0.6) is 0 Å². The lowest BCUT2D eigenvalue weighted by molar-refractivity contribution is -0.147. The van der Waals surface area contributed by atoms with E-state index in [4.69, 9.17) is 10.5 Å². The number of hydrogen-bond acceptors (Lipinski definition) is 8. The molecule has 1 aromatic carbocycles. The molecule has 0 aliphatic carbocycles. The van der Waals surface area contributed by atoms with Gasteiger partial charge in [0, 0.05) is 17.8 Å². The number of nitrogen functional groups attached to an aromatic ring is 1. The van der Waals surface area contributed by atoms with E-state index in [1.54, 1.807) is 37.3 Å². The van der Waals surface area contributed by atoms with Crippen LogP contribution in [0.2, 0.25) is 0 Å². The molecule has 0 fully saturated rings. The molecule has 0 bridgehead atoms. The molecular weight excluding hydrogens is 472 g/mol. The standard InChI is InChI=1S/C24H26N4O6S/c1-3-27(19(30)14-34-20(31)12-10-17(29)18-11-9-15(2)35-18)21-22(25)28(24(33)26-23(21)32)13-16-7-5-4-6-8-16/h4-9,11H,3,10,12-14,25H2,1-2H3,(H,26,32,33). The Morgan fingerprint density at radius 1 is 1.09 bits per heavy atom. The van der Waals surface area contributed by atoms with Crippen molar-refractivity contribution in [2.24, 2.45) is 0 Å². The second-order valence-electron chi connectivity index (χ2n) is 7.70.